The first-order valence-electron chi connectivity index (χ1n) is 6.12. The number of amides is 2. The summed E-state index contributed by atoms with van der Waals surface area (Å²) >= 11 is 0. The maximum Gasteiger partial charge on any atom is 0.315 e. The Morgan fingerprint density at radius 3 is 2.33 bits per heavy atom. The first kappa shape index (κ1) is 16.7. The van der Waals surface area contributed by atoms with E-state index in [-0.39, 0.29) is 24.5 Å². The summed E-state index contributed by atoms with van der Waals surface area (Å²) in [4.78, 5) is 22.5. The third-order valence-corrected chi connectivity index (χ3v) is 2.41. The molecule has 0 fully saturated rings. The lowest BCUT2D eigenvalue weighted by molar-refractivity contribution is -0.142. The third-order valence-electron chi connectivity index (χ3n) is 2.41. The van der Waals surface area contributed by atoms with Gasteiger partial charge in [-0.25, -0.2) is 4.79 Å². The van der Waals surface area contributed by atoms with E-state index >= 15 is 0 Å². The van der Waals surface area contributed by atoms with E-state index in [1.165, 1.54) is 0 Å². The highest BCUT2D eigenvalue weighted by Crippen LogP contribution is 2.10. The van der Waals surface area contributed by atoms with Gasteiger partial charge < -0.3 is 20.5 Å². The van der Waals surface area contributed by atoms with Crippen molar-refractivity contribution in [2.75, 3.05) is 20.3 Å². The van der Waals surface area contributed by atoms with E-state index in [0.29, 0.717) is 13.0 Å². The normalized spacial score (nSPS) is 14.1. The molecule has 0 saturated heterocycles. The van der Waals surface area contributed by atoms with Crippen LogP contribution >= 0.6 is 0 Å². The average Bonchev–Trinajstić information content (AvgIpc) is 2.23. The van der Waals surface area contributed by atoms with Crippen molar-refractivity contribution in [3.8, 4) is 0 Å². The van der Waals surface area contributed by atoms with E-state index in [1.54, 1.807) is 7.11 Å². The van der Waals surface area contributed by atoms with Crippen LogP contribution in [0.2, 0.25) is 0 Å². The predicted octanol–water partition coefficient (Wildman–Crippen LogP) is 1.07. The number of carboxylic acid groups (broad SMARTS) is 1. The summed E-state index contributed by atoms with van der Waals surface area (Å²) in [5, 5.41) is 14.2. The van der Waals surface area contributed by atoms with Gasteiger partial charge in [-0.1, -0.05) is 13.8 Å². The lowest BCUT2D eigenvalue weighted by Crippen LogP contribution is -2.45. The lowest BCUT2D eigenvalue weighted by Gasteiger charge is -2.17. The fourth-order valence-electron chi connectivity index (χ4n) is 1.62. The van der Waals surface area contributed by atoms with Gasteiger partial charge in [-0.3, -0.25) is 4.79 Å². The number of carbonyl (C=O) groups is 2. The van der Waals surface area contributed by atoms with E-state index in [2.05, 4.69) is 10.6 Å². The Morgan fingerprint density at radius 2 is 1.89 bits per heavy atom. The number of methoxy groups -OCH3 is 1. The number of hydrogen-bond donors (Lipinski definition) is 3. The quantitative estimate of drug-likeness (QED) is 0.609. The van der Waals surface area contributed by atoms with Crippen molar-refractivity contribution in [3.63, 3.8) is 0 Å². The highest BCUT2D eigenvalue weighted by molar-refractivity contribution is 5.76. The highest BCUT2D eigenvalue weighted by atomic mass is 16.5. The molecule has 2 atom stereocenters. The molecule has 6 heteroatoms. The maximum absolute atomic E-state index is 11.5. The van der Waals surface area contributed by atoms with Crippen LogP contribution in [-0.4, -0.2) is 43.4 Å². The molecular formula is C12H24N2O4. The molecule has 0 aliphatic heterocycles. The van der Waals surface area contributed by atoms with Crippen LogP contribution in [0, 0.1) is 11.8 Å². The van der Waals surface area contributed by atoms with Gasteiger partial charge in [0.1, 0.15) is 0 Å². The van der Waals surface area contributed by atoms with Crippen LogP contribution in [0.5, 0.6) is 0 Å². The number of aliphatic carboxylic acids is 1. The molecule has 2 amide bonds. The minimum Gasteiger partial charge on any atom is -0.481 e. The summed E-state index contributed by atoms with van der Waals surface area (Å²) in [6.07, 6.45) is 0.545. The fraction of sp³-hybridized carbons (Fsp3) is 0.833. The first-order valence-corrected chi connectivity index (χ1v) is 6.12. The number of hydrogen-bond acceptors (Lipinski definition) is 3. The summed E-state index contributed by atoms with van der Waals surface area (Å²) in [6, 6.07) is -0.474. The Morgan fingerprint density at radius 1 is 1.28 bits per heavy atom. The molecule has 0 aromatic heterocycles. The summed E-state index contributed by atoms with van der Waals surface area (Å²) in [7, 11) is 1.55. The Kier molecular flexibility index (Phi) is 8.11. The molecule has 3 N–H and O–H groups in total. The SMILES string of the molecule is COCC(C)NC(=O)NCC(CC(C)C)C(=O)O. The minimum absolute atomic E-state index is 0.108. The van der Waals surface area contributed by atoms with Crippen molar-refractivity contribution in [2.45, 2.75) is 33.2 Å². The third kappa shape index (κ3) is 7.89. The zero-order valence-electron chi connectivity index (χ0n) is 11.5. The van der Waals surface area contributed by atoms with Crippen molar-refractivity contribution in [3.05, 3.63) is 0 Å². The van der Waals surface area contributed by atoms with Gasteiger partial charge in [0.05, 0.1) is 18.6 Å². The summed E-state index contributed by atoms with van der Waals surface area (Å²) < 4.78 is 4.88. The predicted molar refractivity (Wildman–Crippen MR) is 68.5 cm³/mol. The molecule has 0 aliphatic rings. The largest absolute Gasteiger partial charge is 0.481 e. The number of ether oxygens (including phenoxy) is 1. The second kappa shape index (κ2) is 8.74. The standard InChI is InChI=1S/C12H24N2O4/c1-8(2)5-10(11(15)16)6-13-12(17)14-9(3)7-18-4/h8-10H,5-7H2,1-4H3,(H,15,16)(H2,13,14,17). The van der Waals surface area contributed by atoms with E-state index in [4.69, 9.17) is 9.84 Å². The molecule has 0 rings (SSSR count). The van der Waals surface area contributed by atoms with Crippen molar-refractivity contribution in [1.82, 2.24) is 10.6 Å². The van der Waals surface area contributed by atoms with Gasteiger partial charge in [0.2, 0.25) is 0 Å². The van der Waals surface area contributed by atoms with Crippen molar-refractivity contribution in [2.24, 2.45) is 11.8 Å². The van der Waals surface area contributed by atoms with Crippen LogP contribution in [0.4, 0.5) is 4.79 Å². The number of rotatable bonds is 8. The van der Waals surface area contributed by atoms with Crippen LogP contribution in [0.1, 0.15) is 27.2 Å². The molecule has 106 valence electrons. The maximum atomic E-state index is 11.5. The zero-order valence-corrected chi connectivity index (χ0v) is 11.5. The Labute approximate surface area is 108 Å². The van der Waals surface area contributed by atoms with E-state index in [1.807, 2.05) is 20.8 Å². The molecule has 6 nitrogen and oxygen atoms in total. The van der Waals surface area contributed by atoms with Crippen LogP contribution < -0.4 is 10.6 Å². The van der Waals surface area contributed by atoms with Crippen molar-refractivity contribution < 1.29 is 19.4 Å². The van der Waals surface area contributed by atoms with Gasteiger partial charge in [-0.15, -0.1) is 0 Å². The van der Waals surface area contributed by atoms with Crippen molar-refractivity contribution in [1.29, 1.82) is 0 Å². The molecule has 0 radical (unpaired) electrons. The van der Waals surface area contributed by atoms with Gasteiger partial charge >= 0.3 is 12.0 Å². The van der Waals surface area contributed by atoms with Crippen LogP contribution in [0.25, 0.3) is 0 Å². The van der Waals surface area contributed by atoms with Crippen molar-refractivity contribution >= 4 is 12.0 Å². The van der Waals surface area contributed by atoms with Gasteiger partial charge in [-0.2, -0.15) is 0 Å². The highest BCUT2D eigenvalue weighted by Gasteiger charge is 2.19. The number of urea groups is 1. The van der Waals surface area contributed by atoms with Gasteiger partial charge in [0, 0.05) is 13.7 Å². The molecule has 0 saturated carbocycles. The lowest BCUT2D eigenvalue weighted by atomic mass is 9.97. The van der Waals surface area contributed by atoms with Crippen LogP contribution in [0.3, 0.4) is 0 Å². The molecule has 0 aromatic carbocycles. The monoisotopic (exact) mass is 260 g/mol. The molecule has 0 aromatic rings. The summed E-state index contributed by atoms with van der Waals surface area (Å²) in [5.41, 5.74) is 0. The van der Waals surface area contributed by atoms with E-state index in [9.17, 15) is 9.59 Å². The molecule has 0 heterocycles. The van der Waals surface area contributed by atoms with Crippen LogP contribution in [0.15, 0.2) is 0 Å². The van der Waals surface area contributed by atoms with E-state index in [0.717, 1.165) is 0 Å². The van der Waals surface area contributed by atoms with Gasteiger partial charge in [0.15, 0.2) is 0 Å². The Bertz CT molecular complexity index is 269. The molecule has 0 bridgehead atoms. The van der Waals surface area contributed by atoms with Crippen LogP contribution in [-0.2, 0) is 9.53 Å². The minimum atomic E-state index is -0.881. The molecule has 18 heavy (non-hydrogen) atoms. The summed E-state index contributed by atoms with van der Waals surface area (Å²) in [6.45, 7) is 6.28. The van der Waals surface area contributed by atoms with Gasteiger partial charge in [-0.05, 0) is 19.3 Å². The smallest absolute Gasteiger partial charge is 0.315 e. The van der Waals surface area contributed by atoms with E-state index < -0.39 is 11.9 Å². The molecular weight excluding hydrogens is 236 g/mol. The Hall–Kier alpha value is -1.30. The first-order chi connectivity index (χ1) is 8.36. The number of carboxylic acids is 1. The fourth-order valence-corrected chi connectivity index (χ4v) is 1.62. The molecule has 0 spiro atoms. The second-order valence-corrected chi connectivity index (χ2v) is 4.88. The Balaban J connectivity index is 4.03. The van der Waals surface area contributed by atoms with Gasteiger partial charge in [0.25, 0.3) is 0 Å². The average molecular weight is 260 g/mol. The summed E-state index contributed by atoms with van der Waals surface area (Å²) in [5.74, 6) is -1.15. The molecule has 2 unspecified atom stereocenters. The topological polar surface area (TPSA) is 87.7 Å². The number of carbonyl (C=O) groups excluding carboxylic acids is 1. The second-order valence-electron chi connectivity index (χ2n) is 4.88. The number of nitrogens with one attached hydrogen (secondary N) is 2. The molecule has 0 aliphatic carbocycles. The zero-order chi connectivity index (χ0) is 14.1.